The van der Waals surface area contributed by atoms with E-state index in [0.717, 1.165) is 0 Å². The Kier molecular flexibility index (Phi) is 4.09. The van der Waals surface area contributed by atoms with Crippen molar-refractivity contribution < 1.29 is 0 Å². The second-order valence-corrected chi connectivity index (χ2v) is 1.50. The summed E-state index contributed by atoms with van der Waals surface area (Å²) in [5.41, 5.74) is 5.03. The maximum atomic E-state index is 5.03. The van der Waals surface area contributed by atoms with Crippen molar-refractivity contribution in [1.29, 1.82) is 0 Å². The quantitative estimate of drug-likeness (QED) is 0.506. The molecule has 0 bridgehead atoms. The van der Waals surface area contributed by atoms with E-state index in [1.165, 1.54) is 11.8 Å². The summed E-state index contributed by atoms with van der Waals surface area (Å²) in [5, 5.41) is 1.72. The second-order valence-electron chi connectivity index (χ2n) is 0.500. The zero-order valence-electron chi connectivity index (χ0n) is 2.98. The van der Waals surface area contributed by atoms with Gasteiger partial charge in [0.05, 0.1) is 0 Å². The van der Waals surface area contributed by atoms with Crippen LogP contribution in [0.15, 0.2) is 12.0 Å². The molecule has 0 aromatic carbocycles. The summed E-state index contributed by atoms with van der Waals surface area (Å²) < 4.78 is 0. The molecule has 0 spiro atoms. The average molecular weight is 89.2 g/mol. The fourth-order valence-corrected chi connectivity index (χ4v) is 0.204. The molecule has 0 aliphatic heterocycles. The molecule has 0 saturated carbocycles. The highest BCUT2D eigenvalue weighted by Crippen LogP contribution is 1.90. The highest BCUT2D eigenvalue weighted by molar-refractivity contribution is 8.02. The number of nitrogens with two attached hydrogens (primary N) is 1. The number of hydrogen-bond donors (Lipinski definition) is 1. The molecule has 0 aliphatic carbocycles. The van der Waals surface area contributed by atoms with Gasteiger partial charge in [-0.1, -0.05) is 6.58 Å². The van der Waals surface area contributed by atoms with Crippen LogP contribution in [0.5, 0.6) is 0 Å². The minimum Gasteiger partial charge on any atom is -0.322 e. The molecular formula is C3H7NS. The molecule has 2 N–H and O–H groups in total. The van der Waals surface area contributed by atoms with Crippen molar-refractivity contribution in [2.45, 2.75) is 0 Å². The second kappa shape index (κ2) is 4.05. The minimum absolute atomic E-state index is 0.642. The SMILES string of the molecule is C=CSCN. The van der Waals surface area contributed by atoms with Crippen molar-refractivity contribution in [3.05, 3.63) is 12.0 Å². The zero-order chi connectivity index (χ0) is 4.12. The summed E-state index contributed by atoms with van der Waals surface area (Å²) in [6.07, 6.45) is 0. The lowest BCUT2D eigenvalue weighted by atomic mass is 11.3. The van der Waals surface area contributed by atoms with Crippen LogP contribution in [0.3, 0.4) is 0 Å². The van der Waals surface area contributed by atoms with Gasteiger partial charge in [-0.15, -0.1) is 11.8 Å². The van der Waals surface area contributed by atoms with E-state index in [1.807, 2.05) is 0 Å². The third kappa shape index (κ3) is 4.05. The maximum Gasteiger partial charge on any atom is 0.0434 e. The summed E-state index contributed by atoms with van der Waals surface area (Å²) in [5.74, 6) is 0.642. The molecular weight excluding hydrogens is 82.1 g/mol. The van der Waals surface area contributed by atoms with Crippen molar-refractivity contribution in [2.24, 2.45) is 5.73 Å². The highest BCUT2D eigenvalue weighted by Gasteiger charge is 1.60. The molecule has 5 heavy (non-hydrogen) atoms. The van der Waals surface area contributed by atoms with E-state index in [-0.39, 0.29) is 0 Å². The van der Waals surface area contributed by atoms with Gasteiger partial charge >= 0.3 is 0 Å². The van der Waals surface area contributed by atoms with Crippen molar-refractivity contribution in [3.8, 4) is 0 Å². The first-order valence-corrected chi connectivity index (χ1v) is 2.39. The maximum absolute atomic E-state index is 5.03. The standard InChI is InChI=1S/C3H7NS/c1-2-5-3-4/h2H,1,3-4H2. The Bertz CT molecular complexity index is 28.1. The summed E-state index contributed by atoms with van der Waals surface area (Å²) in [6, 6.07) is 0. The van der Waals surface area contributed by atoms with Gasteiger partial charge in [0, 0.05) is 5.88 Å². The van der Waals surface area contributed by atoms with E-state index in [9.17, 15) is 0 Å². The molecule has 0 radical (unpaired) electrons. The first-order chi connectivity index (χ1) is 2.41. The van der Waals surface area contributed by atoms with Crippen LogP contribution in [0.1, 0.15) is 0 Å². The summed E-state index contributed by atoms with van der Waals surface area (Å²) in [7, 11) is 0. The topological polar surface area (TPSA) is 26.0 Å². The van der Waals surface area contributed by atoms with Gasteiger partial charge in [0.15, 0.2) is 0 Å². The number of hydrogen-bond acceptors (Lipinski definition) is 2. The van der Waals surface area contributed by atoms with E-state index in [4.69, 9.17) is 5.73 Å². The molecule has 0 amide bonds. The summed E-state index contributed by atoms with van der Waals surface area (Å²) in [6.45, 7) is 3.43. The van der Waals surface area contributed by atoms with Gasteiger partial charge in [0.25, 0.3) is 0 Å². The van der Waals surface area contributed by atoms with Gasteiger partial charge in [0.1, 0.15) is 0 Å². The molecule has 0 saturated heterocycles. The Labute approximate surface area is 36.2 Å². The van der Waals surface area contributed by atoms with Crippen LogP contribution in [0, 0.1) is 0 Å². The van der Waals surface area contributed by atoms with Crippen LogP contribution in [-0.4, -0.2) is 5.88 Å². The van der Waals surface area contributed by atoms with Gasteiger partial charge in [-0.05, 0) is 5.41 Å². The lowest BCUT2D eigenvalue weighted by Gasteiger charge is -1.75. The molecule has 30 valence electrons. The summed E-state index contributed by atoms with van der Waals surface area (Å²) >= 11 is 1.50. The Hall–Kier alpha value is 0.0500. The molecule has 0 aromatic rings. The van der Waals surface area contributed by atoms with Crippen LogP contribution >= 0.6 is 11.8 Å². The Balaban J connectivity index is 2.40. The average Bonchev–Trinajstić information content (AvgIpc) is 1.41. The fourth-order valence-electron chi connectivity index (χ4n) is 0.0680. The molecule has 0 fully saturated rings. The van der Waals surface area contributed by atoms with Crippen molar-refractivity contribution >= 4 is 11.8 Å². The highest BCUT2D eigenvalue weighted by atomic mass is 32.2. The monoisotopic (exact) mass is 89.0 g/mol. The first kappa shape index (κ1) is 5.05. The van der Waals surface area contributed by atoms with Gasteiger partial charge < -0.3 is 5.73 Å². The van der Waals surface area contributed by atoms with Crippen LogP contribution in [-0.2, 0) is 0 Å². The van der Waals surface area contributed by atoms with Crippen LogP contribution in [0.2, 0.25) is 0 Å². The third-order valence-electron chi connectivity index (χ3n) is 0.214. The van der Waals surface area contributed by atoms with Crippen LogP contribution in [0.25, 0.3) is 0 Å². The number of thioether (sulfide) groups is 1. The van der Waals surface area contributed by atoms with Crippen LogP contribution in [0.4, 0.5) is 0 Å². The molecule has 0 heterocycles. The van der Waals surface area contributed by atoms with Crippen molar-refractivity contribution in [3.63, 3.8) is 0 Å². The van der Waals surface area contributed by atoms with E-state index in [1.54, 1.807) is 5.41 Å². The third-order valence-corrected chi connectivity index (χ3v) is 0.642. The van der Waals surface area contributed by atoms with E-state index >= 15 is 0 Å². The Morgan fingerprint density at radius 2 is 2.60 bits per heavy atom. The smallest absolute Gasteiger partial charge is 0.0434 e. The molecule has 2 heteroatoms. The molecule has 0 unspecified atom stereocenters. The predicted molar refractivity (Wildman–Crippen MR) is 26.8 cm³/mol. The van der Waals surface area contributed by atoms with Gasteiger partial charge in [-0.25, -0.2) is 0 Å². The first-order valence-electron chi connectivity index (χ1n) is 1.34. The van der Waals surface area contributed by atoms with Gasteiger partial charge in [-0.2, -0.15) is 0 Å². The summed E-state index contributed by atoms with van der Waals surface area (Å²) in [4.78, 5) is 0. The molecule has 0 rings (SSSR count). The van der Waals surface area contributed by atoms with E-state index < -0.39 is 0 Å². The van der Waals surface area contributed by atoms with Crippen molar-refractivity contribution in [1.82, 2.24) is 0 Å². The molecule has 0 atom stereocenters. The van der Waals surface area contributed by atoms with Gasteiger partial charge in [-0.3, -0.25) is 0 Å². The van der Waals surface area contributed by atoms with E-state index in [2.05, 4.69) is 6.58 Å². The molecule has 1 nitrogen and oxygen atoms in total. The predicted octanol–water partition coefficient (Wildman–Crippen LogP) is 0.779. The van der Waals surface area contributed by atoms with Crippen LogP contribution < -0.4 is 5.73 Å². The fraction of sp³-hybridized carbons (Fsp3) is 0.333. The normalized spacial score (nSPS) is 7.40. The Morgan fingerprint density at radius 1 is 2.00 bits per heavy atom. The molecule has 0 aliphatic rings. The van der Waals surface area contributed by atoms with Gasteiger partial charge in [0.2, 0.25) is 0 Å². The lowest BCUT2D eigenvalue weighted by Crippen LogP contribution is -1.88. The zero-order valence-corrected chi connectivity index (χ0v) is 3.79. The lowest BCUT2D eigenvalue weighted by molar-refractivity contribution is 1.41. The van der Waals surface area contributed by atoms with Crippen molar-refractivity contribution in [2.75, 3.05) is 5.88 Å². The van der Waals surface area contributed by atoms with E-state index in [0.29, 0.717) is 5.88 Å². The molecule has 0 aromatic heterocycles. The number of rotatable bonds is 2. The largest absolute Gasteiger partial charge is 0.322 e. The minimum atomic E-state index is 0.642. The Morgan fingerprint density at radius 3 is 2.60 bits per heavy atom.